The van der Waals surface area contributed by atoms with Crippen LogP contribution in [0.4, 0.5) is 0 Å². The number of oxazole rings is 1. The van der Waals surface area contributed by atoms with E-state index in [9.17, 15) is 4.79 Å². The molecule has 0 aliphatic rings. The fraction of sp³-hybridized carbons (Fsp3) is 0.217. The Bertz CT molecular complexity index is 1170. The van der Waals surface area contributed by atoms with Crippen molar-refractivity contribution >= 4 is 16.8 Å². The largest absolute Gasteiger partial charge is 0.496 e. The predicted molar refractivity (Wildman–Crippen MR) is 112 cm³/mol. The molecule has 0 aliphatic heterocycles. The molecule has 0 atom stereocenters. The normalized spacial score (nSPS) is 11.0. The first-order valence-electron chi connectivity index (χ1n) is 9.48. The lowest BCUT2D eigenvalue weighted by atomic mass is 10.1. The molecule has 2 aromatic carbocycles. The highest BCUT2D eigenvalue weighted by Gasteiger charge is 2.17. The molecule has 2 N–H and O–H groups in total. The van der Waals surface area contributed by atoms with Crippen molar-refractivity contribution in [1.29, 1.82) is 0 Å². The van der Waals surface area contributed by atoms with Crippen LogP contribution in [0.5, 0.6) is 5.75 Å². The van der Waals surface area contributed by atoms with Gasteiger partial charge >= 0.3 is 0 Å². The number of hydrogen-bond donors (Lipinski definition) is 2. The zero-order chi connectivity index (χ0) is 20.4. The van der Waals surface area contributed by atoms with Gasteiger partial charge in [-0.1, -0.05) is 18.2 Å². The zero-order valence-electron chi connectivity index (χ0n) is 16.7. The zero-order valence-corrected chi connectivity index (χ0v) is 16.7. The molecule has 0 radical (unpaired) electrons. The summed E-state index contributed by atoms with van der Waals surface area (Å²) in [5, 5.41) is 4.10. The summed E-state index contributed by atoms with van der Waals surface area (Å²) in [6.07, 6.45) is 0.163. The maximum absolute atomic E-state index is 12.5. The Labute approximate surface area is 168 Å². The van der Waals surface area contributed by atoms with E-state index in [4.69, 9.17) is 9.15 Å². The minimum absolute atomic E-state index is 0.0988. The van der Waals surface area contributed by atoms with Gasteiger partial charge in [0.2, 0.25) is 11.8 Å². The van der Waals surface area contributed by atoms with Gasteiger partial charge in [-0.15, -0.1) is 0 Å². The summed E-state index contributed by atoms with van der Waals surface area (Å²) < 4.78 is 11.2. The van der Waals surface area contributed by atoms with Gasteiger partial charge in [-0.25, -0.2) is 4.98 Å². The van der Waals surface area contributed by atoms with Gasteiger partial charge in [0.1, 0.15) is 11.5 Å². The van der Waals surface area contributed by atoms with Crippen LogP contribution in [0.1, 0.15) is 22.7 Å². The SMILES string of the molecule is COc1ccccc1-c1nc(CC(=O)NCc2ccc3[nH]c(C)cc3c2)c(C)o1. The Hall–Kier alpha value is -3.54. The van der Waals surface area contributed by atoms with Crippen LogP contribution in [0.3, 0.4) is 0 Å². The second-order valence-corrected chi connectivity index (χ2v) is 7.05. The molecule has 0 saturated heterocycles. The highest BCUT2D eigenvalue weighted by molar-refractivity contribution is 5.82. The Kier molecular flexibility index (Phi) is 5.08. The van der Waals surface area contributed by atoms with Crippen LogP contribution in [0.2, 0.25) is 0 Å². The van der Waals surface area contributed by atoms with Gasteiger partial charge in [0.15, 0.2) is 0 Å². The lowest BCUT2D eigenvalue weighted by Gasteiger charge is -2.05. The molecule has 0 aliphatic carbocycles. The molecule has 4 aromatic rings. The summed E-state index contributed by atoms with van der Waals surface area (Å²) >= 11 is 0. The number of methoxy groups -OCH3 is 1. The number of aromatic nitrogens is 2. The van der Waals surface area contributed by atoms with Crippen LogP contribution in [-0.4, -0.2) is 23.0 Å². The number of fused-ring (bicyclic) bond motifs is 1. The van der Waals surface area contributed by atoms with Gasteiger partial charge in [-0.3, -0.25) is 4.79 Å². The van der Waals surface area contributed by atoms with Crippen molar-refractivity contribution in [3.8, 4) is 17.2 Å². The maximum atomic E-state index is 12.5. The Balaban J connectivity index is 1.43. The van der Waals surface area contributed by atoms with Crippen molar-refractivity contribution in [1.82, 2.24) is 15.3 Å². The highest BCUT2D eigenvalue weighted by Crippen LogP contribution is 2.30. The van der Waals surface area contributed by atoms with Crippen molar-refractivity contribution < 1.29 is 13.9 Å². The number of para-hydroxylation sites is 1. The number of ether oxygens (including phenoxy) is 1. The van der Waals surface area contributed by atoms with Crippen LogP contribution in [0.15, 0.2) is 52.9 Å². The molecule has 4 rings (SSSR count). The van der Waals surface area contributed by atoms with E-state index >= 15 is 0 Å². The van der Waals surface area contributed by atoms with Gasteiger partial charge in [0.05, 0.1) is 24.8 Å². The molecule has 0 unspecified atom stereocenters. The molecule has 0 fully saturated rings. The Morgan fingerprint density at radius 3 is 2.83 bits per heavy atom. The van der Waals surface area contributed by atoms with E-state index in [-0.39, 0.29) is 12.3 Å². The lowest BCUT2D eigenvalue weighted by molar-refractivity contribution is -0.120. The second-order valence-electron chi connectivity index (χ2n) is 7.05. The number of aryl methyl sites for hydroxylation is 2. The van der Waals surface area contributed by atoms with E-state index in [1.165, 1.54) is 0 Å². The molecule has 2 aromatic heterocycles. The van der Waals surface area contributed by atoms with Gasteiger partial charge in [0.25, 0.3) is 0 Å². The van der Waals surface area contributed by atoms with Crippen molar-refractivity contribution in [2.75, 3.05) is 7.11 Å². The average Bonchev–Trinajstić information content (AvgIpc) is 3.27. The van der Waals surface area contributed by atoms with Gasteiger partial charge in [0, 0.05) is 17.8 Å². The van der Waals surface area contributed by atoms with E-state index in [0.29, 0.717) is 29.6 Å². The quantitative estimate of drug-likeness (QED) is 0.515. The minimum atomic E-state index is -0.0988. The Morgan fingerprint density at radius 1 is 1.17 bits per heavy atom. The standard InChI is InChI=1S/C23H23N3O3/c1-14-10-17-11-16(8-9-19(17)25-14)13-24-22(27)12-20-15(2)29-23(26-20)18-6-4-5-7-21(18)28-3/h4-11,25H,12-13H2,1-3H3,(H,24,27). The van der Waals surface area contributed by atoms with E-state index in [1.54, 1.807) is 7.11 Å². The van der Waals surface area contributed by atoms with E-state index < -0.39 is 0 Å². The summed E-state index contributed by atoms with van der Waals surface area (Å²) in [7, 11) is 1.61. The smallest absolute Gasteiger partial charge is 0.230 e. The third-order valence-electron chi connectivity index (χ3n) is 4.87. The molecule has 29 heavy (non-hydrogen) atoms. The molecule has 0 saturated carbocycles. The van der Waals surface area contributed by atoms with Crippen molar-refractivity contribution in [2.45, 2.75) is 26.8 Å². The third kappa shape index (κ3) is 4.01. The van der Waals surface area contributed by atoms with E-state index in [2.05, 4.69) is 27.4 Å². The number of amides is 1. The molecule has 0 bridgehead atoms. The third-order valence-corrected chi connectivity index (χ3v) is 4.87. The van der Waals surface area contributed by atoms with Crippen LogP contribution < -0.4 is 10.1 Å². The molecule has 148 valence electrons. The second kappa shape index (κ2) is 7.83. The summed E-state index contributed by atoms with van der Waals surface area (Å²) in [4.78, 5) is 20.3. The first kappa shape index (κ1) is 18.8. The number of benzene rings is 2. The molecular formula is C23H23N3O3. The predicted octanol–water partition coefficient (Wildman–Crippen LogP) is 4.31. The van der Waals surface area contributed by atoms with Crippen LogP contribution in [0.25, 0.3) is 22.4 Å². The summed E-state index contributed by atoms with van der Waals surface area (Å²) in [5.41, 5.74) is 4.66. The molecule has 2 heterocycles. The van der Waals surface area contributed by atoms with E-state index in [1.807, 2.05) is 50.2 Å². The summed E-state index contributed by atoms with van der Waals surface area (Å²) in [5.74, 6) is 1.67. The number of nitrogens with zero attached hydrogens (tertiary/aromatic N) is 1. The highest BCUT2D eigenvalue weighted by atomic mass is 16.5. The van der Waals surface area contributed by atoms with Gasteiger partial charge in [-0.05, 0) is 55.1 Å². The molecule has 1 amide bonds. The van der Waals surface area contributed by atoms with Gasteiger partial charge in [-0.2, -0.15) is 0 Å². The molecular weight excluding hydrogens is 366 g/mol. The topological polar surface area (TPSA) is 80.1 Å². The summed E-state index contributed by atoms with van der Waals surface area (Å²) in [6, 6.07) is 15.7. The Morgan fingerprint density at radius 2 is 2.00 bits per heavy atom. The molecule has 0 spiro atoms. The number of carbonyl (C=O) groups is 1. The van der Waals surface area contributed by atoms with Crippen LogP contribution in [-0.2, 0) is 17.8 Å². The fourth-order valence-electron chi connectivity index (χ4n) is 3.38. The first-order valence-corrected chi connectivity index (χ1v) is 9.48. The van der Waals surface area contributed by atoms with Crippen LogP contribution in [0, 0.1) is 13.8 Å². The number of hydrogen-bond acceptors (Lipinski definition) is 4. The number of aromatic amines is 1. The lowest BCUT2D eigenvalue weighted by Crippen LogP contribution is -2.24. The minimum Gasteiger partial charge on any atom is -0.496 e. The summed E-state index contributed by atoms with van der Waals surface area (Å²) in [6.45, 7) is 4.31. The van der Waals surface area contributed by atoms with Gasteiger partial charge < -0.3 is 19.5 Å². The van der Waals surface area contributed by atoms with Crippen LogP contribution >= 0.6 is 0 Å². The van der Waals surface area contributed by atoms with E-state index in [0.717, 1.165) is 27.7 Å². The number of rotatable bonds is 6. The maximum Gasteiger partial charge on any atom is 0.230 e. The first-order chi connectivity index (χ1) is 14.0. The molecule has 6 heteroatoms. The number of nitrogens with one attached hydrogen (secondary N) is 2. The van der Waals surface area contributed by atoms with Crippen molar-refractivity contribution in [3.05, 3.63) is 71.2 Å². The number of H-pyrrole nitrogens is 1. The molecule has 6 nitrogen and oxygen atoms in total. The van der Waals surface area contributed by atoms with Crippen molar-refractivity contribution in [3.63, 3.8) is 0 Å². The average molecular weight is 389 g/mol. The fourth-order valence-corrected chi connectivity index (χ4v) is 3.38. The monoisotopic (exact) mass is 389 g/mol. The number of carbonyl (C=O) groups excluding carboxylic acids is 1. The van der Waals surface area contributed by atoms with Crippen molar-refractivity contribution in [2.24, 2.45) is 0 Å².